The number of rotatable bonds is 9. The maximum Gasteiger partial charge on any atom is 0.394 e. The van der Waals surface area contributed by atoms with Gasteiger partial charge in [-0.25, -0.2) is 14.8 Å². The van der Waals surface area contributed by atoms with Crippen LogP contribution >= 0.6 is 0 Å². The highest BCUT2D eigenvalue weighted by Crippen LogP contribution is 1.97. The Morgan fingerprint density at radius 1 is 0.706 bits per heavy atom. The summed E-state index contributed by atoms with van der Waals surface area (Å²) in [5.41, 5.74) is 29.2. The third-order valence-electron chi connectivity index (χ3n) is 1.97. The van der Waals surface area contributed by atoms with Gasteiger partial charge in [0.1, 0.15) is 6.54 Å². The fraction of sp³-hybridized carbons (Fsp3) is 0.417. The molecule has 21 nitrogen and oxygen atoms in total. The lowest BCUT2D eigenvalue weighted by atomic mass is 10.2. The number of hydrogen-bond donors (Lipinski definition) is 12. The SMILES string of the molecule is NC(N)=NC(CC(=O)O)C(=O)O.NC(N)=NCC(=O)O.NC(N)=NCCC(=O)O.O=S(=O)(O)O. The topological polar surface area (TPSA) is 417 Å². The van der Waals surface area contributed by atoms with Crippen LogP contribution in [-0.4, -0.2) is 98.8 Å². The second-order valence-corrected chi connectivity index (χ2v) is 5.93. The number of nitrogens with zero attached hydrogens (tertiary/aromatic N) is 3. The quantitative estimate of drug-likeness (QED) is 0.0764. The molecule has 0 rings (SSSR count). The van der Waals surface area contributed by atoms with Gasteiger partial charge in [0.15, 0.2) is 23.9 Å². The molecule has 0 aliphatic rings. The third-order valence-corrected chi connectivity index (χ3v) is 1.97. The first-order valence-electron chi connectivity index (χ1n) is 7.96. The Bertz CT molecular complexity index is 837. The zero-order valence-electron chi connectivity index (χ0n) is 17.3. The van der Waals surface area contributed by atoms with Crippen molar-refractivity contribution in [3.05, 3.63) is 0 Å². The van der Waals surface area contributed by atoms with E-state index < -0.39 is 52.7 Å². The lowest BCUT2D eigenvalue weighted by Crippen LogP contribution is -2.30. The Morgan fingerprint density at radius 3 is 1.32 bits per heavy atom. The first-order valence-corrected chi connectivity index (χ1v) is 9.36. The molecule has 1 unspecified atom stereocenters. The van der Waals surface area contributed by atoms with E-state index in [-0.39, 0.29) is 31.4 Å². The zero-order valence-corrected chi connectivity index (χ0v) is 18.1. The number of guanidine groups is 3. The van der Waals surface area contributed by atoms with Crippen LogP contribution in [0.2, 0.25) is 0 Å². The van der Waals surface area contributed by atoms with Gasteiger partial charge in [0.2, 0.25) is 0 Å². The molecule has 198 valence electrons. The average Bonchev–Trinajstić information content (AvgIpc) is 2.57. The van der Waals surface area contributed by atoms with Gasteiger partial charge in [-0.15, -0.1) is 0 Å². The van der Waals surface area contributed by atoms with Crippen molar-refractivity contribution in [3.8, 4) is 0 Å². The van der Waals surface area contributed by atoms with E-state index in [2.05, 4.69) is 15.0 Å². The van der Waals surface area contributed by atoms with Crippen molar-refractivity contribution in [1.29, 1.82) is 0 Å². The predicted octanol–water partition coefficient (Wildman–Crippen LogP) is -5.39. The Morgan fingerprint density at radius 2 is 1.12 bits per heavy atom. The normalized spacial score (nSPS) is 9.94. The molecule has 0 bridgehead atoms. The van der Waals surface area contributed by atoms with Crippen LogP contribution in [0.1, 0.15) is 12.8 Å². The summed E-state index contributed by atoms with van der Waals surface area (Å²) in [6.45, 7) is -0.208. The number of aliphatic carboxylic acids is 4. The van der Waals surface area contributed by atoms with E-state index in [4.69, 9.17) is 72.4 Å². The highest BCUT2D eigenvalue weighted by molar-refractivity contribution is 7.79. The number of aliphatic imine (C=N–C) groups is 3. The Labute approximate surface area is 191 Å². The zero-order chi connectivity index (χ0) is 28.1. The van der Waals surface area contributed by atoms with Crippen LogP contribution in [-0.2, 0) is 29.6 Å². The molecule has 22 heteroatoms. The Hall–Kier alpha value is -4.44. The monoisotopic (exact) mass is 521 g/mol. The van der Waals surface area contributed by atoms with Crippen molar-refractivity contribution in [1.82, 2.24) is 0 Å². The van der Waals surface area contributed by atoms with Crippen LogP contribution in [0, 0.1) is 0 Å². The number of nitrogens with two attached hydrogens (primary N) is 6. The summed E-state index contributed by atoms with van der Waals surface area (Å²) in [6, 6.07) is -1.41. The van der Waals surface area contributed by atoms with Crippen molar-refractivity contribution in [2.75, 3.05) is 13.1 Å². The fourth-order valence-corrected chi connectivity index (χ4v) is 0.973. The van der Waals surface area contributed by atoms with Gasteiger partial charge in [-0.3, -0.25) is 28.5 Å². The smallest absolute Gasteiger partial charge is 0.394 e. The summed E-state index contributed by atoms with van der Waals surface area (Å²) >= 11 is 0. The second kappa shape index (κ2) is 20.5. The molecule has 0 amide bonds. The van der Waals surface area contributed by atoms with Crippen LogP contribution in [0.25, 0.3) is 0 Å². The lowest BCUT2D eigenvalue weighted by molar-refractivity contribution is -0.144. The van der Waals surface area contributed by atoms with Gasteiger partial charge in [0.05, 0.1) is 19.4 Å². The van der Waals surface area contributed by atoms with Gasteiger partial charge in [0.25, 0.3) is 0 Å². The van der Waals surface area contributed by atoms with E-state index in [1.165, 1.54) is 0 Å². The predicted molar refractivity (Wildman–Crippen MR) is 115 cm³/mol. The standard InChI is InChI=1S/C5H9N3O4.C4H9N3O2.C3H7N3O2.H2O4S/c6-5(7)8-2(4(11)12)1-3(9)10;5-4(6)7-2-1-3(8)9;4-3(5)6-1-2(7)8;1-5(2,3)4/h2H,1H2,(H,9,10)(H,11,12)(H4,6,7,8);1-2H2,(H,8,9)(H4,5,6,7);1H2,(H,7,8)(H4,4,5,6);(H2,1,2,3,4). The Kier molecular flexibility index (Phi) is 22.2. The molecule has 0 heterocycles. The van der Waals surface area contributed by atoms with Gasteiger partial charge in [0, 0.05) is 0 Å². The van der Waals surface area contributed by atoms with Gasteiger partial charge in [-0.05, 0) is 0 Å². The third kappa shape index (κ3) is 56.4. The molecule has 1 atom stereocenters. The molecule has 0 aromatic carbocycles. The van der Waals surface area contributed by atoms with Crippen molar-refractivity contribution in [3.63, 3.8) is 0 Å². The van der Waals surface area contributed by atoms with Crippen LogP contribution in [0.3, 0.4) is 0 Å². The van der Waals surface area contributed by atoms with E-state index in [1.807, 2.05) is 0 Å². The fourth-order valence-electron chi connectivity index (χ4n) is 0.973. The summed E-state index contributed by atoms with van der Waals surface area (Å²) in [4.78, 5) is 49.7. The van der Waals surface area contributed by atoms with Gasteiger partial charge >= 0.3 is 34.3 Å². The summed E-state index contributed by atoms with van der Waals surface area (Å²) in [7, 11) is -4.67. The molecule has 0 saturated carbocycles. The molecule has 0 aliphatic heterocycles. The molecule has 0 saturated heterocycles. The number of carbonyl (C=O) groups is 4. The first kappa shape index (κ1) is 36.9. The molecule has 18 N–H and O–H groups in total. The molecule has 0 radical (unpaired) electrons. The lowest BCUT2D eigenvalue weighted by Gasteiger charge is -2.03. The van der Waals surface area contributed by atoms with Crippen molar-refractivity contribution < 1.29 is 57.1 Å². The largest absolute Gasteiger partial charge is 0.481 e. The molecular weight excluding hydrogens is 494 g/mol. The van der Waals surface area contributed by atoms with Gasteiger partial charge < -0.3 is 54.8 Å². The van der Waals surface area contributed by atoms with Crippen LogP contribution < -0.4 is 34.4 Å². The highest BCUT2D eigenvalue weighted by Gasteiger charge is 2.19. The minimum absolute atomic E-state index is 0.0299. The summed E-state index contributed by atoms with van der Waals surface area (Å²) < 4.78 is 31.6. The molecule has 0 aliphatic carbocycles. The van der Waals surface area contributed by atoms with Crippen molar-refractivity contribution >= 4 is 52.2 Å². The highest BCUT2D eigenvalue weighted by atomic mass is 32.3. The molecule has 0 fully saturated rings. The summed E-state index contributed by atoms with van der Waals surface area (Å²) in [6.07, 6.45) is -0.662. The summed E-state index contributed by atoms with van der Waals surface area (Å²) in [5, 5.41) is 32.6. The summed E-state index contributed by atoms with van der Waals surface area (Å²) in [5.74, 6) is -5.30. The van der Waals surface area contributed by atoms with Crippen LogP contribution in [0.5, 0.6) is 0 Å². The molecular formula is C12H27N9O12S. The number of carboxylic acids is 4. The van der Waals surface area contributed by atoms with Crippen LogP contribution in [0.4, 0.5) is 0 Å². The molecule has 0 spiro atoms. The minimum atomic E-state index is -4.67. The van der Waals surface area contributed by atoms with Gasteiger partial charge in [-0.2, -0.15) is 8.42 Å². The second-order valence-electron chi connectivity index (χ2n) is 5.04. The van der Waals surface area contributed by atoms with Crippen LogP contribution in [0.15, 0.2) is 15.0 Å². The maximum absolute atomic E-state index is 10.3. The number of hydrogen-bond acceptors (Lipinski definition) is 9. The maximum atomic E-state index is 10.3. The van der Waals surface area contributed by atoms with E-state index in [1.54, 1.807) is 0 Å². The van der Waals surface area contributed by atoms with E-state index in [0.29, 0.717) is 0 Å². The van der Waals surface area contributed by atoms with Gasteiger partial charge in [-0.1, -0.05) is 0 Å². The molecule has 0 aromatic rings. The van der Waals surface area contributed by atoms with E-state index >= 15 is 0 Å². The van der Waals surface area contributed by atoms with Crippen molar-refractivity contribution in [2.45, 2.75) is 18.9 Å². The average molecular weight is 521 g/mol. The van der Waals surface area contributed by atoms with E-state index in [9.17, 15) is 19.2 Å². The first-order chi connectivity index (χ1) is 15.2. The Balaban J connectivity index is -0.000000184. The van der Waals surface area contributed by atoms with E-state index in [0.717, 1.165) is 0 Å². The minimum Gasteiger partial charge on any atom is -0.481 e. The number of carboxylic acid groups (broad SMARTS) is 4. The molecule has 34 heavy (non-hydrogen) atoms. The molecule has 0 aromatic heterocycles. The van der Waals surface area contributed by atoms with Crippen molar-refractivity contribution in [2.24, 2.45) is 49.4 Å².